The summed E-state index contributed by atoms with van der Waals surface area (Å²) in [4.78, 5) is 0.621. The summed E-state index contributed by atoms with van der Waals surface area (Å²) in [5, 5.41) is 0. The molecule has 0 bridgehead atoms. The third-order valence-electron chi connectivity index (χ3n) is 1.57. The minimum absolute atomic E-state index is 0.621. The van der Waals surface area contributed by atoms with Crippen LogP contribution in [0.25, 0.3) is 0 Å². The van der Waals surface area contributed by atoms with Crippen LogP contribution in [-0.2, 0) is 15.3 Å². The normalized spacial score (nSPS) is 13.2. The predicted octanol–water partition coefficient (Wildman–Crippen LogP) is 2.14. The second-order valence-electron chi connectivity index (χ2n) is 3.29. The number of hydrogen-bond acceptors (Lipinski definition) is 2. The maximum atomic E-state index is 11.6. The largest absolute Gasteiger partial charge is 0.268 e. The van der Waals surface area contributed by atoms with E-state index in [0.717, 1.165) is 0 Å². The zero-order valence-corrected chi connectivity index (χ0v) is 9.01. The molecular formula is C11H12O2S. The van der Waals surface area contributed by atoms with Gasteiger partial charge in [0.15, 0.2) is 11.1 Å². The van der Waals surface area contributed by atoms with E-state index in [9.17, 15) is 4.21 Å². The molecule has 0 heterocycles. The number of hydrogen-bond donors (Lipinski definition) is 0. The van der Waals surface area contributed by atoms with Gasteiger partial charge in [-0.25, -0.2) is 4.21 Å². The molecule has 0 unspecified atom stereocenters. The molecular weight excluding hydrogens is 196 g/mol. The van der Waals surface area contributed by atoms with Crippen molar-refractivity contribution in [2.24, 2.45) is 0 Å². The van der Waals surface area contributed by atoms with E-state index in [1.165, 1.54) is 0 Å². The second kappa shape index (κ2) is 4.41. The first-order valence-electron chi connectivity index (χ1n) is 4.19. The van der Waals surface area contributed by atoms with Crippen LogP contribution in [0.2, 0.25) is 0 Å². The highest BCUT2D eigenvalue weighted by atomic mass is 32.2. The monoisotopic (exact) mass is 208 g/mol. The quantitative estimate of drug-likeness (QED) is 0.711. The fourth-order valence-corrected chi connectivity index (χ4v) is 1.70. The van der Waals surface area contributed by atoms with Crippen LogP contribution in [-0.4, -0.2) is 9.81 Å². The molecule has 0 aromatic heterocycles. The van der Waals surface area contributed by atoms with Crippen LogP contribution < -0.4 is 0 Å². The Bertz CT molecular complexity index is 363. The lowest BCUT2D eigenvalue weighted by Gasteiger charge is -2.16. The Morgan fingerprint density at radius 1 is 1.36 bits per heavy atom. The molecule has 0 fully saturated rings. The molecule has 0 aliphatic carbocycles. The lowest BCUT2D eigenvalue weighted by atomic mass is 10.2. The molecule has 0 saturated carbocycles. The van der Waals surface area contributed by atoms with Gasteiger partial charge in [-0.2, -0.15) is 0 Å². The van der Waals surface area contributed by atoms with Gasteiger partial charge in [0.25, 0.3) is 0 Å². The van der Waals surface area contributed by atoms with Crippen molar-refractivity contribution < 1.29 is 8.39 Å². The van der Waals surface area contributed by atoms with E-state index >= 15 is 0 Å². The first kappa shape index (κ1) is 11.0. The molecule has 0 N–H and O–H groups in total. The summed E-state index contributed by atoms with van der Waals surface area (Å²) in [6.45, 7) is 3.40. The summed E-state index contributed by atoms with van der Waals surface area (Å²) >= 11 is -1.50. The number of terminal acetylenes is 1. The van der Waals surface area contributed by atoms with E-state index in [0.29, 0.717) is 4.90 Å². The summed E-state index contributed by atoms with van der Waals surface area (Å²) < 4.78 is 16.8. The van der Waals surface area contributed by atoms with Crippen molar-refractivity contribution in [1.29, 1.82) is 0 Å². The second-order valence-corrected chi connectivity index (χ2v) is 4.39. The molecule has 0 amide bonds. The van der Waals surface area contributed by atoms with E-state index in [4.69, 9.17) is 10.6 Å². The Morgan fingerprint density at radius 3 is 2.43 bits per heavy atom. The van der Waals surface area contributed by atoms with Crippen molar-refractivity contribution in [2.75, 3.05) is 0 Å². The van der Waals surface area contributed by atoms with Crippen LogP contribution in [0.4, 0.5) is 0 Å². The standard InChI is InChI=1S/C11H12O2S/c1-4-11(2,3)13-14(12)10-8-6-5-7-9-10/h1,5-9H,2-3H3/t14-/m1/s1. The third kappa shape index (κ3) is 2.99. The van der Waals surface area contributed by atoms with Gasteiger partial charge >= 0.3 is 0 Å². The molecule has 0 radical (unpaired) electrons. The van der Waals surface area contributed by atoms with Crippen molar-refractivity contribution in [3.8, 4) is 12.3 Å². The predicted molar refractivity (Wildman–Crippen MR) is 56.8 cm³/mol. The fourth-order valence-electron chi connectivity index (χ4n) is 0.793. The number of rotatable bonds is 3. The zero-order valence-electron chi connectivity index (χ0n) is 8.19. The molecule has 0 aliphatic rings. The smallest absolute Gasteiger partial charge is 0.190 e. The van der Waals surface area contributed by atoms with Crippen LogP contribution in [0.15, 0.2) is 35.2 Å². The van der Waals surface area contributed by atoms with Crippen LogP contribution >= 0.6 is 0 Å². The Morgan fingerprint density at radius 2 is 1.93 bits per heavy atom. The minimum Gasteiger partial charge on any atom is -0.268 e. The van der Waals surface area contributed by atoms with Gasteiger partial charge in [-0.05, 0) is 26.0 Å². The summed E-state index contributed by atoms with van der Waals surface area (Å²) in [6.07, 6.45) is 5.22. The van der Waals surface area contributed by atoms with Crippen LogP contribution in [0, 0.1) is 12.3 Å². The molecule has 0 aliphatic heterocycles. The van der Waals surface area contributed by atoms with Crippen molar-refractivity contribution in [1.82, 2.24) is 0 Å². The van der Waals surface area contributed by atoms with Crippen molar-refractivity contribution in [3.63, 3.8) is 0 Å². The first-order valence-corrected chi connectivity index (χ1v) is 5.27. The highest BCUT2D eigenvalue weighted by Crippen LogP contribution is 2.15. The van der Waals surface area contributed by atoms with Crippen LogP contribution in [0.3, 0.4) is 0 Å². The van der Waals surface area contributed by atoms with Crippen LogP contribution in [0.1, 0.15) is 13.8 Å². The topological polar surface area (TPSA) is 26.3 Å². The molecule has 74 valence electrons. The van der Waals surface area contributed by atoms with Gasteiger partial charge in [0.1, 0.15) is 5.60 Å². The van der Waals surface area contributed by atoms with Crippen molar-refractivity contribution in [2.45, 2.75) is 24.3 Å². The maximum Gasteiger partial charge on any atom is 0.190 e. The lowest BCUT2D eigenvalue weighted by molar-refractivity contribution is 0.196. The van der Waals surface area contributed by atoms with E-state index in [1.807, 2.05) is 6.07 Å². The average molecular weight is 208 g/mol. The van der Waals surface area contributed by atoms with Gasteiger partial charge in [-0.15, -0.1) is 6.42 Å². The summed E-state index contributed by atoms with van der Waals surface area (Å²) in [5.74, 6) is 2.43. The summed E-state index contributed by atoms with van der Waals surface area (Å²) in [5.41, 5.74) is -0.805. The van der Waals surface area contributed by atoms with E-state index in [1.54, 1.807) is 38.1 Å². The Labute approximate surface area is 87.0 Å². The molecule has 3 heteroatoms. The van der Waals surface area contributed by atoms with Crippen LogP contribution in [0.5, 0.6) is 0 Å². The summed E-state index contributed by atoms with van der Waals surface area (Å²) in [6, 6.07) is 8.94. The Balaban J connectivity index is 2.75. The van der Waals surface area contributed by atoms with Gasteiger partial charge in [0, 0.05) is 0 Å². The van der Waals surface area contributed by atoms with E-state index in [2.05, 4.69) is 5.92 Å². The van der Waals surface area contributed by atoms with Crippen molar-refractivity contribution >= 4 is 11.1 Å². The fraction of sp³-hybridized carbons (Fsp3) is 0.273. The van der Waals surface area contributed by atoms with Gasteiger partial charge in [0.05, 0.1) is 4.90 Å². The third-order valence-corrected chi connectivity index (χ3v) is 2.79. The van der Waals surface area contributed by atoms with E-state index < -0.39 is 16.7 Å². The van der Waals surface area contributed by atoms with Crippen molar-refractivity contribution in [3.05, 3.63) is 30.3 Å². The Kier molecular flexibility index (Phi) is 3.45. The minimum atomic E-state index is -1.50. The highest BCUT2D eigenvalue weighted by Gasteiger charge is 2.19. The molecule has 1 aromatic rings. The molecule has 1 atom stereocenters. The highest BCUT2D eigenvalue weighted by molar-refractivity contribution is 7.80. The zero-order chi connectivity index (χ0) is 10.6. The SMILES string of the molecule is C#CC(C)(C)O[S@@](=O)c1ccccc1. The van der Waals surface area contributed by atoms with E-state index in [-0.39, 0.29) is 0 Å². The maximum absolute atomic E-state index is 11.6. The lowest BCUT2D eigenvalue weighted by Crippen LogP contribution is -2.22. The Hall–Kier alpha value is -1.11. The summed E-state index contributed by atoms with van der Waals surface area (Å²) in [7, 11) is 0. The van der Waals surface area contributed by atoms with Gasteiger partial charge in [-0.1, -0.05) is 24.1 Å². The molecule has 2 nitrogen and oxygen atoms in total. The number of benzene rings is 1. The van der Waals surface area contributed by atoms with Gasteiger partial charge in [-0.3, -0.25) is 4.18 Å². The average Bonchev–Trinajstić information content (AvgIpc) is 2.19. The van der Waals surface area contributed by atoms with Gasteiger partial charge in [0.2, 0.25) is 0 Å². The molecule has 1 rings (SSSR count). The first-order chi connectivity index (χ1) is 6.55. The molecule has 0 spiro atoms. The molecule has 1 aromatic carbocycles. The van der Waals surface area contributed by atoms with Gasteiger partial charge < -0.3 is 0 Å². The molecule has 0 saturated heterocycles. The molecule has 14 heavy (non-hydrogen) atoms.